The third-order valence-electron chi connectivity index (χ3n) is 3.91. The fraction of sp³-hybridized carbons (Fsp3) is 0.933. The Morgan fingerprint density at radius 3 is 2.56 bits per heavy atom. The molecule has 1 atom stereocenters. The first-order chi connectivity index (χ1) is 8.55. The average molecular weight is 251 g/mol. The molecule has 1 fully saturated rings. The number of nitriles is 1. The maximum Gasteiger partial charge on any atom is 0.0683 e. The summed E-state index contributed by atoms with van der Waals surface area (Å²) in [6.45, 7) is 11.0. The van der Waals surface area contributed by atoms with Gasteiger partial charge in [0.25, 0.3) is 0 Å². The molecule has 0 aromatic rings. The quantitative estimate of drug-likeness (QED) is 0.707. The van der Waals surface area contributed by atoms with Gasteiger partial charge in [0, 0.05) is 12.6 Å². The predicted molar refractivity (Wildman–Crippen MR) is 76.4 cm³/mol. The summed E-state index contributed by atoms with van der Waals surface area (Å²) >= 11 is 0. The Balaban J connectivity index is 2.05. The lowest BCUT2D eigenvalue weighted by Crippen LogP contribution is -2.43. The van der Waals surface area contributed by atoms with Crippen LogP contribution in [-0.4, -0.2) is 37.1 Å². The SMILES string of the molecule is CC(CNCCCC(C)(C)C#N)N1CCCCC1. The van der Waals surface area contributed by atoms with E-state index in [9.17, 15) is 0 Å². The fourth-order valence-electron chi connectivity index (χ4n) is 2.51. The predicted octanol–water partition coefficient (Wildman–Crippen LogP) is 2.78. The van der Waals surface area contributed by atoms with Gasteiger partial charge in [-0.05, 0) is 66.1 Å². The summed E-state index contributed by atoms with van der Waals surface area (Å²) in [5, 5.41) is 12.5. The molecule has 0 aromatic carbocycles. The van der Waals surface area contributed by atoms with Crippen molar-refractivity contribution in [2.45, 2.75) is 58.9 Å². The van der Waals surface area contributed by atoms with E-state index in [4.69, 9.17) is 5.26 Å². The topological polar surface area (TPSA) is 39.1 Å². The van der Waals surface area contributed by atoms with Crippen LogP contribution in [0.5, 0.6) is 0 Å². The Labute approximate surface area is 113 Å². The van der Waals surface area contributed by atoms with E-state index in [0.29, 0.717) is 6.04 Å². The first kappa shape index (κ1) is 15.5. The van der Waals surface area contributed by atoms with Crippen molar-refractivity contribution in [2.24, 2.45) is 5.41 Å². The number of hydrogen-bond donors (Lipinski definition) is 1. The van der Waals surface area contributed by atoms with Crippen LogP contribution in [-0.2, 0) is 0 Å². The van der Waals surface area contributed by atoms with Crippen LogP contribution < -0.4 is 5.32 Å². The van der Waals surface area contributed by atoms with E-state index in [2.05, 4.69) is 23.2 Å². The van der Waals surface area contributed by atoms with Gasteiger partial charge in [-0.15, -0.1) is 0 Å². The van der Waals surface area contributed by atoms with Crippen LogP contribution in [0.1, 0.15) is 52.9 Å². The smallest absolute Gasteiger partial charge is 0.0683 e. The van der Waals surface area contributed by atoms with Gasteiger partial charge in [-0.3, -0.25) is 4.90 Å². The minimum absolute atomic E-state index is 0.167. The van der Waals surface area contributed by atoms with E-state index in [0.717, 1.165) is 25.9 Å². The van der Waals surface area contributed by atoms with Gasteiger partial charge in [-0.2, -0.15) is 5.26 Å². The van der Waals surface area contributed by atoms with Crippen molar-refractivity contribution < 1.29 is 0 Å². The summed E-state index contributed by atoms with van der Waals surface area (Å²) in [6.07, 6.45) is 6.20. The third-order valence-corrected chi connectivity index (χ3v) is 3.91. The first-order valence-corrected chi connectivity index (χ1v) is 7.41. The minimum atomic E-state index is -0.167. The molecule has 1 rings (SSSR count). The summed E-state index contributed by atoms with van der Waals surface area (Å²) < 4.78 is 0. The van der Waals surface area contributed by atoms with Gasteiger partial charge in [-0.25, -0.2) is 0 Å². The van der Waals surface area contributed by atoms with Crippen molar-refractivity contribution in [1.29, 1.82) is 5.26 Å². The fourth-order valence-corrected chi connectivity index (χ4v) is 2.51. The molecule has 104 valence electrons. The van der Waals surface area contributed by atoms with Crippen molar-refractivity contribution in [3.63, 3.8) is 0 Å². The molecule has 1 aliphatic rings. The molecule has 0 amide bonds. The highest BCUT2D eigenvalue weighted by Crippen LogP contribution is 2.19. The summed E-state index contributed by atoms with van der Waals surface area (Å²) in [5.41, 5.74) is -0.167. The first-order valence-electron chi connectivity index (χ1n) is 7.41. The lowest BCUT2D eigenvalue weighted by molar-refractivity contribution is 0.170. The second-order valence-corrected chi connectivity index (χ2v) is 6.25. The highest BCUT2D eigenvalue weighted by atomic mass is 15.2. The van der Waals surface area contributed by atoms with Crippen molar-refractivity contribution in [3.05, 3.63) is 0 Å². The van der Waals surface area contributed by atoms with Crippen molar-refractivity contribution >= 4 is 0 Å². The summed E-state index contributed by atoms with van der Waals surface area (Å²) in [5.74, 6) is 0. The van der Waals surface area contributed by atoms with Crippen LogP contribution >= 0.6 is 0 Å². The van der Waals surface area contributed by atoms with Crippen molar-refractivity contribution in [3.8, 4) is 6.07 Å². The Kier molecular flexibility index (Phi) is 6.67. The number of rotatable bonds is 7. The molecule has 0 saturated carbocycles. The molecular weight excluding hydrogens is 222 g/mol. The van der Waals surface area contributed by atoms with Gasteiger partial charge in [0.15, 0.2) is 0 Å². The Bertz CT molecular complexity index is 261. The molecule has 3 nitrogen and oxygen atoms in total. The molecule has 1 N–H and O–H groups in total. The second kappa shape index (κ2) is 7.76. The van der Waals surface area contributed by atoms with Gasteiger partial charge in [0.2, 0.25) is 0 Å². The van der Waals surface area contributed by atoms with Crippen LogP contribution in [0.3, 0.4) is 0 Å². The van der Waals surface area contributed by atoms with Gasteiger partial charge in [-0.1, -0.05) is 6.42 Å². The van der Waals surface area contributed by atoms with E-state index in [-0.39, 0.29) is 5.41 Å². The Hall–Kier alpha value is -0.590. The number of likely N-dealkylation sites (tertiary alicyclic amines) is 1. The maximum atomic E-state index is 8.93. The molecule has 0 aliphatic carbocycles. The Morgan fingerprint density at radius 1 is 1.28 bits per heavy atom. The number of nitrogens with zero attached hydrogens (tertiary/aromatic N) is 2. The second-order valence-electron chi connectivity index (χ2n) is 6.25. The van der Waals surface area contributed by atoms with E-state index in [1.165, 1.54) is 32.4 Å². The number of nitrogens with one attached hydrogen (secondary N) is 1. The van der Waals surface area contributed by atoms with Crippen LogP contribution in [0.15, 0.2) is 0 Å². The van der Waals surface area contributed by atoms with Gasteiger partial charge >= 0.3 is 0 Å². The summed E-state index contributed by atoms with van der Waals surface area (Å²) in [4.78, 5) is 2.59. The number of hydrogen-bond acceptors (Lipinski definition) is 3. The highest BCUT2D eigenvalue weighted by Gasteiger charge is 2.17. The number of piperidine rings is 1. The zero-order valence-electron chi connectivity index (χ0n) is 12.3. The third kappa shape index (κ3) is 5.84. The van der Waals surface area contributed by atoms with Crippen LogP contribution in [0.25, 0.3) is 0 Å². The maximum absolute atomic E-state index is 8.93. The molecular formula is C15H29N3. The van der Waals surface area contributed by atoms with E-state index in [1.807, 2.05) is 13.8 Å². The van der Waals surface area contributed by atoms with Crippen LogP contribution in [0.4, 0.5) is 0 Å². The lowest BCUT2D eigenvalue weighted by Gasteiger charge is -2.32. The molecule has 0 aromatic heterocycles. The van der Waals surface area contributed by atoms with Crippen molar-refractivity contribution in [2.75, 3.05) is 26.2 Å². The highest BCUT2D eigenvalue weighted by molar-refractivity contribution is 4.91. The minimum Gasteiger partial charge on any atom is -0.315 e. The van der Waals surface area contributed by atoms with Crippen LogP contribution in [0.2, 0.25) is 0 Å². The standard InChI is InChI=1S/C15H29N3/c1-14(18-10-5-4-6-11-18)12-17-9-7-8-15(2,3)13-16/h14,17H,4-12H2,1-3H3. The monoisotopic (exact) mass is 251 g/mol. The average Bonchev–Trinajstić information content (AvgIpc) is 2.39. The van der Waals surface area contributed by atoms with Gasteiger partial charge in [0.05, 0.1) is 11.5 Å². The largest absolute Gasteiger partial charge is 0.315 e. The summed E-state index contributed by atoms with van der Waals surface area (Å²) in [7, 11) is 0. The Morgan fingerprint density at radius 2 is 1.94 bits per heavy atom. The molecule has 1 aliphatic heterocycles. The summed E-state index contributed by atoms with van der Waals surface area (Å²) in [6, 6.07) is 3.00. The van der Waals surface area contributed by atoms with Gasteiger partial charge in [0.1, 0.15) is 0 Å². The van der Waals surface area contributed by atoms with E-state index in [1.54, 1.807) is 0 Å². The zero-order chi connectivity index (χ0) is 13.4. The van der Waals surface area contributed by atoms with E-state index < -0.39 is 0 Å². The van der Waals surface area contributed by atoms with E-state index >= 15 is 0 Å². The molecule has 1 heterocycles. The molecule has 18 heavy (non-hydrogen) atoms. The van der Waals surface area contributed by atoms with Crippen LogP contribution in [0, 0.1) is 16.7 Å². The molecule has 0 radical (unpaired) electrons. The van der Waals surface area contributed by atoms with Crippen molar-refractivity contribution in [1.82, 2.24) is 10.2 Å². The molecule has 0 bridgehead atoms. The normalized spacial score (nSPS) is 19.4. The lowest BCUT2D eigenvalue weighted by atomic mass is 9.90. The molecule has 1 saturated heterocycles. The molecule has 0 spiro atoms. The molecule has 1 unspecified atom stereocenters. The zero-order valence-corrected chi connectivity index (χ0v) is 12.3. The van der Waals surface area contributed by atoms with Gasteiger partial charge < -0.3 is 5.32 Å². The molecule has 3 heteroatoms.